The highest BCUT2D eigenvalue weighted by molar-refractivity contribution is 5.80. The van der Waals surface area contributed by atoms with Gasteiger partial charge in [-0.05, 0) is 43.4 Å². The number of nitrogens with zero attached hydrogens (tertiary/aromatic N) is 5. The second-order valence-corrected chi connectivity index (χ2v) is 7.32. The third-order valence-corrected chi connectivity index (χ3v) is 5.27. The summed E-state index contributed by atoms with van der Waals surface area (Å²) in [6.45, 7) is 5.84. The van der Waals surface area contributed by atoms with Gasteiger partial charge in [0.05, 0.1) is 0 Å². The molecule has 3 heterocycles. The monoisotopic (exact) mass is 376 g/mol. The Kier molecular flexibility index (Phi) is 5.85. The molecule has 1 aliphatic rings. The summed E-state index contributed by atoms with van der Waals surface area (Å²) in [7, 11) is 0. The van der Waals surface area contributed by atoms with Gasteiger partial charge in [0.1, 0.15) is 5.82 Å². The van der Waals surface area contributed by atoms with Gasteiger partial charge in [-0.3, -0.25) is 9.39 Å². The number of pyridine rings is 1. The van der Waals surface area contributed by atoms with Crippen LogP contribution < -0.4 is 5.32 Å². The van der Waals surface area contributed by atoms with Crippen molar-refractivity contribution in [2.75, 3.05) is 26.2 Å². The Morgan fingerprint density at radius 2 is 2.00 bits per heavy atom. The van der Waals surface area contributed by atoms with E-state index in [1.807, 2.05) is 28.8 Å². The van der Waals surface area contributed by atoms with Crippen molar-refractivity contribution in [3.8, 4) is 0 Å². The minimum atomic E-state index is 0.687. The van der Waals surface area contributed by atoms with Crippen LogP contribution in [0.2, 0.25) is 0 Å². The largest absolute Gasteiger partial charge is 0.357 e. The van der Waals surface area contributed by atoms with Crippen molar-refractivity contribution in [2.45, 2.75) is 26.2 Å². The molecular formula is C22H28N6. The van der Waals surface area contributed by atoms with Gasteiger partial charge in [0, 0.05) is 38.8 Å². The van der Waals surface area contributed by atoms with Crippen LogP contribution in [0.1, 0.15) is 24.7 Å². The topological polar surface area (TPSA) is 57.8 Å². The molecule has 0 amide bonds. The maximum absolute atomic E-state index is 4.87. The molecule has 28 heavy (non-hydrogen) atoms. The molecule has 2 aromatic heterocycles. The first-order valence-corrected chi connectivity index (χ1v) is 10.2. The summed E-state index contributed by atoms with van der Waals surface area (Å²) in [5.41, 5.74) is 2.31. The fraction of sp³-hybridized carbons (Fsp3) is 0.409. The number of rotatable bonds is 6. The first-order valence-electron chi connectivity index (χ1n) is 10.2. The second kappa shape index (κ2) is 8.87. The number of benzene rings is 1. The number of aliphatic imine (C=N–C) groups is 1. The van der Waals surface area contributed by atoms with E-state index in [1.165, 1.54) is 12.0 Å². The molecule has 146 valence electrons. The molecule has 1 aromatic carbocycles. The zero-order valence-electron chi connectivity index (χ0n) is 16.5. The fourth-order valence-corrected chi connectivity index (χ4v) is 3.89. The molecule has 1 fully saturated rings. The van der Waals surface area contributed by atoms with Crippen LogP contribution in [-0.2, 0) is 12.8 Å². The summed E-state index contributed by atoms with van der Waals surface area (Å²) in [6.07, 6.45) is 5.15. The molecule has 4 rings (SSSR count). The molecule has 1 atom stereocenters. The number of guanidine groups is 1. The molecule has 0 radical (unpaired) electrons. The molecule has 1 aliphatic heterocycles. The predicted octanol–water partition coefficient (Wildman–Crippen LogP) is 2.80. The number of fused-ring (bicyclic) bond motifs is 1. The summed E-state index contributed by atoms with van der Waals surface area (Å²) in [5, 5.41) is 12.0. The molecule has 3 aromatic rings. The summed E-state index contributed by atoms with van der Waals surface area (Å²) in [5.74, 6) is 2.66. The highest BCUT2D eigenvalue weighted by Crippen LogP contribution is 2.21. The molecule has 0 saturated carbocycles. The molecule has 6 nitrogen and oxygen atoms in total. The lowest BCUT2D eigenvalue weighted by atomic mass is 9.99. The van der Waals surface area contributed by atoms with E-state index in [4.69, 9.17) is 4.99 Å². The average molecular weight is 377 g/mol. The Morgan fingerprint density at radius 3 is 2.86 bits per heavy atom. The van der Waals surface area contributed by atoms with E-state index in [0.29, 0.717) is 12.5 Å². The quantitative estimate of drug-likeness (QED) is 0.531. The number of likely N-dealkylation sites (tertiary alicyclic amines) is 1. The summed E-state index contributed by atoms with van der Waals surface area (Å²) < 4.78 is 2.04. The maximum atomic E-state index is 4.87. The Bertz CT molecular complexity index is 917. The van der Waals surface area contributed by atoms with Crippen molar-refractivity contribution in [3.05, 3.63) is 66.1 Å². The molecule has 1 unspecified atom stereocenters. The molecule has 1 N–H and O–H groups in total. The van der Waals surface area contributed by atoms with Crippen molar-refractivity contribution < 1.29 is 0 Å². The van der Waals surface area contributed by atoms with Gasteiger partial charge in [0.15, 0.2) is 11.6 Å². The number of hydrogen-bond acceptors (Lipinski definition) is 3. The molecule has 0 spiro atoms. The number of aromatic nitrogens is 3. The molecular weight excluding hydrogens is 348 g/mol. The lowest BCUT2D eigenvalue weighted by Crippen LogP contribution is -2.40. The van der Waals surface area contributed by atoms with E-state index >= 15 is 0 Å². The van der Waals surface area contributed by atoms with Gasteiger partial charge in [-0.2, -0.15) is 0 Å². The second-order valence-electron chi connectivity index (χ2n) is 7.32. The zero-order chi connectivity index (χ0) is 19.2. The lowest BCUT2D eigenvalue weighted by Gasteiger charge is -2.21. The maximum Gasteiger partial charge on any atom is 0.193 e. The molecule has 6 heteroatoms. The first kappa shape index (κ1) is 18.5. The van der Waals surface area contributed by atoms with Gasteiger partial charge in [0.25, 0.3) is 0 Å². The van der Waals surface area contributed by atoms with Crippen molar-refractivity contribution in [1.29, 1.82) is 0 Å². The minimum absolute atomic E-state index is 0.687. The number of nitrogens with one attached hydrogen (secondary N) is 1. The highest BCUT2D eigenvalue weighted by atomic mass is 15.3. The van der Waals surface area contributed by atoms with Crippen molar-refractivity contribution in [2.24, 2.45) is 10.9 Å². The Morgan fingerprint density at radius 1 is 1.14 bits per heavy atom. The Hall–Kier alpha value is -2.89. The van der Waals surface area contributed by atoms with Crippen LogP contribution >= 0.6 is 0 Å². The van der Waals surface area contributed by atoms with Crippen LogP contribution in [0, 0.1) is 5.92 Å². The predicted molar refractivity (Wildman–Crippen MR) is 112 cm³/mol. The van der Waals surface area contributed by atoms with Crippen LogP contribution in [0.15, 0.2) is 59.7 Å². The summed E-state index contributed by atoms with van der Waals surface area (Å²) in [6, 6.07) is 16.7. The Balaban J connectivity index is 1.37. The normalized spacial score (nSPS) is 17.4. The first-order chi connectivity index (χ1) is 13.8. The van der Waals surface area contributed by atoms with Gasteiger partial charge >= 0.3 is 0 Å². The van der Waals surface area contributed by atoms with Crippen LogP contribution in [0.4, 0.5) is 0 Å². The third-order valence-electron chi connectivity index (χ3n) is 5.27. The van der Waals surface area contributed by atoms with Gasteiger partial charge in [0.2, 0.25) is 0 Å². The van der Waals surface area contributed by atoms with Crippen LogP contribution in [0.25, 0.3) is 5.65 Å². The van der Waals surface area contributed by atoms with E-state index in [2.05, 4.69) is 57.7 Å². The summed E-state index contributed by atoms with van der Waals surface area (Å²) >= 11 is 0. The van der Waals surface area contributed by atoms with Gasteiger partial charge in [-0.1, -0.05) is 36.4 Å². The van der Waals surface area contributed by atoms with Crippen molar-refractivity contribution in [3.63, 3.8) is 0 Å². The minimum Gasteiger partial charge on any atom is -0.357 e. The van der Waals surface area contributed by atoms with Gasteiger partial charge in [-0.25, -0.2) is 0 Å². The zero-order valence-corrected chi connectivity index (χ0v) is 16.5. The number of hydrogen-bond donors (Lipinski definition) is 1. The highest BCUT2D eigenvalue weighted by Gasteiger charge is 2.24. The molecule has 1 saturated heterocycles. The van der Waals surface area contributed by atoms with E-state index in [-0.39, 0.29) is 0 Å². The van der Waals surface area contributed by atoms with Gasteiger partial charge in [-0.15, -0.1) is 10.2 Å². The van der Waals surface area contributed by atoms with Crippen LogP contribution in [0.5, 0.6) is 0 Å². The SMILES string of the molecule is CCNC(=NCCc1nnc2ccccn12)N1CCC(Cc2ccccc2)C1. The van der Waals surface area contributed by atoms with Crippen molar-refractivity contribution >= 4 is 11.6 Å². The van der Waals surface area contributed by atoms with E-state index < -0.39 is 0 Å². The van der Waals surface area contributed by atoms with E-state index in [9.17, 15) is 0 Å². The van der Waals surface area contributed by atoms with Crippen molar-refractivity contribution in [1.82, 2.24) is 24.8 Å². The smallest absolute Gasteiger partial charge is 0.193 e. The lowest BCUT2D eigenvalue weighted by molar-refractivity contribution is 0.460. The standard InChI is InChI=1S/C22H28N6/c1-2-23-22(24-13-11-21-26-25-20-10-6-7-14-28(20)21)27-15-12-19(17-27)16-18-8-4-3-5-9-18/h3-10,14,19H,2,11-13,15-17H2,1H3,(H,23,24). The average Bonchev–Trinajstić information content (AvgIpc) is 3.35. The third kappa shape index (κ3) is 4.32. The fourth-order valence-electron chi connectivity index (χ4n) is 3.89. The van der Waals surface area contributed by atoms with Gasteiger partial charge < -0.3 is 10.2 Å². The molecule has 0 aliphatic carbocycles. The summed E-state index contributed by atoms with van der Waals surface area (Å²) in [4.78, 5) is 7.27. The Labute approximate surface area is 166 Å². The molecule has 0 bridgehead atoms. The van der Waals surface area contributed by atoms with Crippen LogP contribution in [0.3, 0.4) is 0 Å². The van der Waals surface area contributed by atoms with E-state index in [0.717, 1.165) is 49.9 Å². The van der Waals surface area contributed by atoms with E-state index in [1.54, 1.807) is 0 Å². The van der Waals surface area contributed by atoms with Crippen LogP contribution in [-0.4, -0.2) is 51.6 Å².